The van der Waals surface area contributed by atoms with Gasteiger partial charge in [-0.2, -0.15) is 5.10 Å². The molecule has 106 valence electrons. The maximum atomic E-state index is 5.85. The molecule has 0 aliphatic heterocycles. The van der Waals surface area contributed by atoms with E-state index < -0.39 is 0 Å². The number of hydrogen-bond acceptors (Lipinski definition) is 3. The van der Waals surface area contributed by atoms with Crippen molar-refractivity contribution in [3.8, 4) is 16.9 Å². The number of aryl methyl sites for hydroxylation is 1. The largest absolute Gasteiger partial charge is 0.493 e. The molecule has 3 rings (SSSR count). The molecular weight excluding hydrogens is 250 g/mol. The Kier molecular flexibility index (Phi) is 3.74. The Hall–Kier alpha value is -1.81. The lowest BCUT2D eigenvalue weighted by Crippen LogP contribution is -2.09. The minimum Gasteiger partial charge on any atom is -0.493 e. The number of aromatic nitrogens is 2. The molecule has 0 bridgehead atoms. The molecule has 2 aromatic rings. The monoisotopic (exact) mass is 271 g/mol. The molecule has 1 aliphatic carbocycles. The van der Waals surface area contributed by atoms with E-state index in [9.17, 15) is 0 Å². The topological polar surface area (TPSA) is 53.1 Å². The fourth-order valence-corrected chi connectivity index (χ4v) is 2.26. The van der Waals surface area contributed by atoms with E-state index in [1.807, 2.05) is 23.1 Å². The highest BCUT2D eigenvalue weighted by Crippen LogP contribution is 2.31. The van der Waals surface area contributed by atoms with E-state index >= 15 is 0 Å². The highest BCUT2D eigenvalue weighted by molar-refractivity contribution is 5.67. The second-order valence-corrected chi connectivity index (χ2v) is 5.51. The van der Waals surface area contributed by atoms with Gasteiger partial charge < -0.3 is 10.5 Å². The molecule has 0 saturated heterocycles. The Morgan fingerprint density at radius 2 is 2.25 bits per heavy atom. The van der Waals surface area contributed by atoms with Crippen LogP contribution in [0.4, 0.5) is 0 Å². The molecule has 1 aliphatic rings. The molecule has 0 unspecified atom stereocenters. The van der Waals surface area contributed by atoms with E-state index in [-0.39, 0.29) is 0 Å². The second-order valence-electron chi connectivity index (χ2n) is 5.51. The number of nitrogens with zero attached hydrogens (tertiary/aromatic N) is 2. The van der Waals surface area contributed by atoms with E-state index in [2.05, 4.69) is 24.2 Å². The van der Waals surface area contributed by atoms with Crippen LogP contribution in [0.2, 0.25) is 0 Å². The number of rotatable bonds is 6. The summed E-state index contributed by atoms with van der Waals surface area (Å²) in [5.74, 6) is 1.72. The Bertz CT molecular complexity index is 587. The highest BCUT2D eigenvalue weighted by atomic mass is 16.5. The molecule has 0 radical (unpaired) electrons. The van der Waals surface area contributed by atoms with Crippen molar-refractivity contribution in [1.29, 1.82) is 0 Å². The van der Waals surface area contributed by atoms with Crippen molar-refractivity contribution in [2.24, 2.45) is 11.7 Å². The molecule has 1 saturated carbocycles. The van der Waals surface area contributed by atoms with Crippen molar-refractivity contribution in [1.82, 2.24) is 9.78 Å². The van der Waals surface area contributed by atoms with Crippen LogP contribution in [0.3, 0.4) is 0 Å². The Morgan fingerprint density at radius 1 is 1.40 bits per heavy atom. The molecule has 0 amide bonds. The first-order valence-electron chi connectivity index (χ1n) is 7.22. The van der Waals surface area contributed by atoms with Crippen molar-refractivity contribution in [3.63, 3.8) is 0 Å². The van der Waals surface area contributed by atoms with Gasteiger partial charge in [0.1, 0.15) is 5.75 Å². The summed E-state index contributed by atoms with van der Waals surface area (Å²) < 4.78 is 7.74. The summed E-state index contributed by atoms with van der Waals surface area (Å²) in [7, 11) is 0. The third-order valence-corrected chi connectivity index (χ3v) is 3.69. The Morgan fingerprint density at radius 3 is 3.00 bits per heavy atom. The fraction of sp³-hybridized carbons (Fsp3) is 0.438. The predicted molar refractivity (Wildman–Crippen MR) is 79.7 cm³/mol. The van der Waals surface area contributed by atoms with E-state index in [1.165, 1.54) is 24.0 Å². The third-order valence-electron chi connectivity index (χ3n) is 3.69. The van der Waals surface area contributed by atoms with Crippen LogP contribution in [-0.2, 0) is 6.54 Å². The molecule has 4 heteroatoms. The maximum absolute atomic E-state index is 5.85. The zero-order valence-corrected chi connectivity index (χ0v) is 11.9. The lowest BCUT2D eigenvalue weighted by molar-refractivity contribution is 0.300. The van der Waals surface area contributed by atoms with Gasteiger partial charge in [0.05, 0.1) is 19.3 Å². The van der Waals surface area contributed by atoms with Crippen LogP contribution < -0.4 is 10.5 Å². The van der Waals surface area contributed by atoms with Crippen molar-refractivity contribution in [3.05, 3.63) is 36.2 Å². The van der Waals surface area contributed by atoms with Crippen molar-refractivity contribution < 1.29 is 4.74 Å². The van der Waals surface area contributed by atoms with Gasteiger partial charge in [-0.25, -0.2) is 0 Å². The number of nitrogens with two attached hydrogens (primary N) is 1. The summed E-state index contributed by atoms with van der Waals surface area (Å²) in [5, 5.41) is 4.33. The van der Waals surface area contributed by atoms with Crippen LogP contribution in [0.25, 0.3) is 11.1 Å². The lowest BCUT2D eigenvalue weighted by Gasteiger charge is -2.09. The number of ether oxygens (including phenoxy) is 1. The van der Waals surface area contributed by atoms with E-state index in [4.69, 9.17) is 10.5 Å². The first-order chi connectivity index (χ1) is 9.76. The summed E-state index contributed by atoms with van der Waals surface area (Å²) >= 11 is 0. The van der Waals surface area contributed by atoms with E-state index in [0.29, 0.717) is 6.54 Å². The first-order valence-corrected chi connectivity index (χ1v) is 7.22. The average Bonchev–Trinajstić information content (AvgIpc) is 3.17. The molecule has 0 atom stereocenters. The minimum absolute atomic E-state index is 0.602. The molecule has 0 spiro atoms. The smallest absolute Gasteiger partial charge is 0.119 e. The first kappa shape index (κ1) is 13.2. The fourth-order valence-electron chi connectivity index (χ4n) is 2.26. The average molecular weight is 271 g/mol. The van der Waals surface area contributed by atoms with Crippen LogP contribution in [0.5, 0.6) is 5.75 Å². The zero-order chi connectivity index (χ0) is 13.9. The van der Waals surface area contributed by atoms with Crippen LogP contribution in [0.15, 0.2) is 30.6 Å². The molecule has 1 heterocycles. The molecule has 4 nitrogen and oxygen atoms in total. The van der Waals surface area contributed by atoms with Crippen molar-refractivity contribution in [2.45, 2.75) is 26.3 Å². The van der Waals surface area contributed by atoms with Gasteiger partial charge in [-0.15, -0.1) is 0 Å². The third kappa shape index (κ3) is 3.02. The highest BCUT2D eigenvalue weighted by Gasteiger charge is 2.22. The maximum Gasteiger partial charge on any atom is 0.119 e. The Labute approximate surface area is 119 Å². The lowest BCUT2D eigenvalue weighted by atomic mass is 10.0. The van der Waals surface area contributed by atoms with Gasteiger partial charge in [-0.1, -0.05) is 6.07 Å². The minimum atomic E-state index is 0.602. The standard InChI is InChI=1S/C16H21N3O/c1-12-2-5-15(20-11-13-3-4-13)8-16(12)14-9-18-19(10-14)7-6-17/h2,5,8-10,13H,3-4,6-7,11,17H2,1H3. The summed E-state index contributed by atoms with van der Waals surface area (Å²) in [4.78, 5) is 0. The van der Waals surface area contributed by atoms with Gasteiger partial charge in [0.2, 0.25) is 0 Å². The molecule has 1 aromatic carbocycles. The molecule has 1 fully saturated rings. The quantitative estimate of drug-likeness (QED) is 0.878. The zero-order valence-electron chi connectivity index (χ0n) is 11.9. The van der Waals surface area contributed by atoms with Gasteiger partial charge in [0.15, 0.2) is 0 Å². The molecule has 20 heavy (non-hydrogen) atoms. The SMILES string of the molecule is Cc1ccc(OCC2CC2)cc1-c1cnn(CCN)c1. The van der Waals surface area contributed by atoms with Gasteiger partial charge in [-0.05, 0) is 48.9 Å². The van der Waals surface area contributed by atoms with Gasteiger partial charge in [0, 0.05) is 18.3 Å². The van der Waals surface area contributed by atoms with Gasteiger partial charge in [0.25, 0.3) is 0 Å². The van der Waals surface area contributed by atoms with E-state index in [1.54, 1.807) is 0 Å². The Balaban J connectivity index is 1.80. The summed E-state index contributed by atoms with van der Waals surface area (Å²) in [6.45, 7) is 4.30. The normalized spacial score (nSPS) is 14.5. The van der Waals surface area contributed by atoms with Crippen LogP contribution in [-0.4, -0.2) is 22.9 Å². The van der Waals surface area contributed by atoms with Gasteiger partial charge in [-0.3, -0.25) is 4.68 Å². The number of hydrogen-bond donors (Lipinski definition) is 1. The summed E-state index contributed by atoms with van der Waals surface area (Å²) in [5.41, 5.74) is 9.09. The van der Waals surface area contributed by atoms with Gasteiger partial charge >= 0.3 is 0 Å². The molecule has 1 aromatic heterocycles. The van der Waals surface area contributed by atoms with Crippen LogP contribution in [0.1, 0.15) is 18.4 Å². The number of benzene rings is 1. The predicted octanol–water partition coefficient (Wildman–Crippen LogP) is 2.61. The van der Waals surface area contributed by atoms with Crippen LogP contribution >= 0.6 is 0 Å². The van der Waals surface area contributed by atoms with Crippen LogP contribution in [0, 0.1) is 12.8 Å². The molecular formula is C16H21N3O. The molecule has 2 N–H and O–H groups in total. The summed E-state index contributed by atoms with van der Waals surface area (Å²) in [6.07, 6.45) is 6.55. The summed E-state index contributed by atoms with van der Waals surface area (Å²) in [6, 6.07) is 6.27. The van der Waals surface area contributed by atoms with Crippen molar-refractivity contribution in [2.75, 3.05) is 13.2 Å². The van der Waals surface area contributed by atoms with Crippen molar-refractivity contribution >= 4 is 0 Å². The van der Waals surface area contributed by atoms with E-state index in [0.717, 1.165) is 30.4 Å². The second kappa shape index (κ2) is 5.67.